The van der Waals surface area contributed by atoms with E-state index in [-0.39, 0.29) is 95.5 Å². The summed E-state index contributed by atoms with van der Waals surface area (Å²) in [6.45, 7) is 0. The van der Waals surface area contributed by atoms with E-state index in [0.29, 0.717) is 0 Å². The summed E-state index contributed by atoms with van der Waals surface area (Å²) in [6.07, 6.45) is 0. The van der Waals surface area contributed by atoms with Crippen LogP contribution in [0.2, 0.25) is 0 Å². The molecular formula is H4InKOZn. The van der Waals surface area contributed by atoms with Gasteiger partial charge in [0.25, 0.3) is 0 Å². The first kappa shape index (κ1) is 15.8. The van der Waals surface area contributed by atoms with Crippen molar-refractivity contribution in [2.75, 3.05) is 0 Å². The van der Waals surface area contributed by atoms with Crippen LogP contribution in [0.25, 0.3) is 0 Å². The molecule has 0 aliphatic rings. The topological polar surface area (TPSA) is 17.1 Å². The third-order valence-corrected chi connectivity index (χ3v) is 0. The summed E-state index contributed by atoms with van der Waals surface area (Å²) in [5, 5.41) is 0. The van der Waals surface area contributed by atoms with Crippen molar-refractivity contribution in [3.63, 3.8) is 0 Å². The number of hydrogen-bond acceptors (Lipinski definition) is 1. The van der Waals surface area contributed by atoms with E-state index < -0.39 is 0 Å². The molecule has 1 nitrogen and oxygen atoms in total. The molecule has 0 aromatic heterocycles. The summed E-state index contributed by atoms with van der Waals surface area (Å²) in [6, 6.07) is 0. The van der Waals surface area contributed by atoms with Gasteiger partial charge in [0.2, 0.25) is 0 Å². The predicted molar refractivity (Wildman–Crippen MR) is 17.8 cm³/mol. The number of rotatable bonds is 0. The van der Waals surface area contributed by atoms with E-state index in [1.165, 1.54) is 0 Å². The Kier molecular flexibility index (Phi) is 66.2. The van der Waals surface area contributed by atoms with E-state index >= 15 is 0 Å². The number of hydrogen-bond donors (Lipinski definition) is 0. The Labute approximate surface area is 96.4 Å². The molecule has 0 fully saturated rings. The summed E-state index contributed by atoms with van der Waals surface area (Å²) in [5.74, 6) is 0. The Morgan fingerprint density at radius 3 is 1.25 bits per heavy atom. The zero-order valence-corrected chi connectivity index (χ0v) is 4.08. The van der Waals surface area contributed by atoms with E-state index in [9.17, 15) is 0 Å². The van der Waals surface area contributed by atoms with Crippen molar-refractivity contribution in [2.24, 2.45) is 0 Å². The summed E-state index contributed by atoms with van der Waals surface area (Å²) in [5.41, 5.74) is 0. The minimum atomic E-state index is 0. The van der Waals surface area contributed by atoms with Gasteiger partial charge in [0.15, 0.2) is 0 Å². The Morgan fingerprint density at radius 2 is 1.25 bits per heavy atom. The molecule has 0 radical (unpaired) electrons. The summed E-state index contributed by atoms with van der Waals surface area (Å²) in [4.78, 5) is 0. The van der Waals surface area contributed by atoms with Crippen molar-refractivity contribution >= 4 is 77.2 Å². The molecule has 0 aliphatic heterocycles. The Morgan fingerprint density at radius 1 is 1.25 bits per heavy atom. The van der Waals surface area contributed by atoms with Crippen molar-refractivity contribution in [3.05, 3.63) is 0 Å². The molecule has 0 spiro atoms. The van der Waals surface area contributed by atoms with Gasteiger partial charge in [-0.25, -0.2) is 0 Å². The zero-order chi connectivity index (χ0) is 2.00. The monoisotopic (exact) mass is 238 g/mol. The first-order valence-electron chi connectivity index (χ1n) is 0.289. The first-order chi connectivity index (χ1) is 1.00. The van der Waals surface area contributed by atoms with Gasteiger partial charge in [-0.15, -0.1) is 0 Å². The molecule has 0 aromatic carbocycles. The average molecular weight is 239 g/mol. The first-order valence-corrected chi connectivity index (χ1v) is 1.50. The van der Waals surface area contributed by atoms with Crippen LogP contribution in [0.15, 0.2) is 0 Å². The molecule has 4 heavy (non-hydrogen) atoms. The second-order valence-electron chi connectivity index (χ2n) is 0. The van der Waals surface area contributed by atoms with Gasteiger partial charge >= 0.3 is 99.1 Å². The van der Waals surface area contributed by atoms with E-state index in [1.54, 1.807) is 0 Å². The second kappa shape index (κ2) is 16.8. The van der Waals surface area contributed by atoms with Gasteiger partial charge in [0.1, 0.15) is 0 Å². The second-order valence-corrected chi connectivity index (χ2v) is 0. The standard InChI is InChI=1S/In.K.O.Zn.4H. The van der Waals surface area contributed by atoms with Crippen LogP contribution >= 0.6 is 0 Å². The van der Waals surface area contributed by atoms with Crippen LogP contribution in [0.4, 0.5) is 0 Å². The van der Waals surface area contributed by atoms with Gasteiger partial charge < -0.3 is 0 Å². The van der Waals surface area contributed by atoms with Crippen LogP contribution in [-0.2, 0) is 21.8 Å². The summed E-state index contributed by atoms with van der Waals surface area (Å²) >= 11 is 0.125. The molecule has 0 unspecified atom stereocenters. The van der Waals surface area contributed by atoms with E-state index in [2.05, 4.69) is 0 Å². The van der Waals surface area contributed by atoms with E-state index in [1.807, 2.05) is 0 Å². The molecule has 16 valence electrons. The van der Waals surface area contributed by atoms with Gasteiger partial charge in [-0.05, 0) is 0 Å². The predicted octanol–water partition coefficient (Wildman–Crippen LogP) is -1.95. The fraction of sp³-hybridized carbons (Fsp3) is 0. The molecule has 0 rings (SSSR count). The van der Waals surface area contributed by atoms with Gasteiger partial charge in [0, 0.05) is 0 Å². The van der Waals surface area contributed by atoms with Crippen molar-refractivity contribution in [1.29, 1.82) is 0 Å². The van der Waals surface area contributed by atoms with Gasteiger partial charge in [-0.2, -0.15) is 0 Å². The Bertz CT molecular complexity index is 8.00. The fourth-order valence-corrected chi connectivity index (χ4v) is 0. The van der Waals surface area contributed by atoms with Crippen LogP contribution in [0.1, 0.15) is 0 Å². The zero-order valence-electron chi connectivity index (χ0n) is 1.12. The van der Waals surface area contributed by atoms with Crippen molar-refractivity contribution < 1.29 is 21.8 Å². The van der Waals surface area contributed by atoms with Gasteiger partial charge in [-0.1, -0.05) is 0 Å². The van der Waals surface area contributed by atoms with Gasteiger partial charge in [0.05, 0.1) is 0 Å². The average Bonchev–Trinajstić information content (AvgIpc) is 1.00. The Balaban J connectivity index is -0.00000000500. The van der Waals surface area contributed by atoms with Gasteiger partial charge in [-0.3, -0.25) is 0 Å². The molecule has 4 heteroatoms. The van der Waals surface area contributed by atoms with Crippen LogP contribution in [0.5, 0.6) is 0 Å². The molecule has 0 saturated heterocycles. The van der Waals surface area contributed by atoms with Crippen molar-refractivity contribution in [3.8, 4) is 0 Å². The molecule has 0 atom stereocenters. The summed E-state index contributed by atoms with van der Waals surface area (Å²) < 4.78 is 8.38. The molecule has 0 bridgehead atoms. The third kappa shape index (κ3) is 8.87. The maximum atomic E-state index is 8.38. The third-order valence-electron chi connectivity index (χ3n) is 0. The normalized spacial score (nSPS) is 1.50. The van der Waals surface area contributed by atoms with Crippen molar-refractivity contribution in [1.82, 2.24) is 0 Å². The van der Waals surface area contributed by atoms with Crippen LogP contribution in [0, 0.1) is 0 Å². The fourth-order valence-electron chi connectivity index (χ4n) is 0. The Hall–Kier alpha value is 2.93. The maximum absolute atomic E-state index is 8.38. The molecule has 0 heterocycles. The SMILES string of the molecule is [InH3].[KH].[O]=[Zn]. The molecule has 0 aromatic rings. The molecular weight excluding hydrogens is 235 g/mol. The van der Waals surface area contributed by atoms with E-state index in [4.69, 9.17) is 3.57 Å². The molecule has 0 amide bonds. The molecule has 0 N–H and O–H groups in total. The van der Waals surface area contributed by atoms with Crippen LogP contribution in [-0.4, -0.2) is 77.2 Å². The van der Waals surface area contributed by atoms with Crippen LogP contribution in [0.3, 0.4) is 0 Å². The van der Waals surface area contributed by atoms with E-state index in [0.717, 1.165) is 0 Å². The summed E-state index contributed by atoms with van der Waals surface area (Å²) in [7, 11) is 0. The molecule has 0 saturated carbocycles. The minimum absolute atomic E-state index is 0. The molecule has 0 aliphatic carbocycles. The van der Waals surface area contributed by atoms with Crippen molar-refractivity contribution in [2.45, 2.75) is 0 Å². The quantitative estimate of drug-likeness (QED) is 0.449. The van der Waals surface area contributed by atoms with Crippen LogP contribution < -0.4 is 0 Å².